The number of allylic oxidation sites excluding steroid dienone is 1. The minimum Gasteiger partial charge on any atom is -0.507 e. The topological polar surface area (TPSA) is 112 Å². The molecule has 1 aromatic rings. The number of unbranched alkanes of at least 4 members (excludes halogenated alkanes) is 1. The van der Waals surface area contributed by atoms with Crippen LogP contribution in [0.5, 0.6) is 5.75 Å². The zero-order chi connectivity index (χ0) is 26.1. The summed E-state index contributed by atoms with van der Waals surface area (Å²) in [5.41, 5.74) is -1.19. The number of aryl methyl sites for hydroxylation is 2. The lowest BCUT2D eigenvalue weighted by Gasteiger charge is -2.56. The van der Waals surface area contributed by atoms with Gasteiger partial charge in [0, 0.05) is 16.4 Å². The van der Waals surface area contributed by atoms with E-state index in [1.165, 1.54) is 6.92 Å². The molecule has 35 heavy (non-hydrogen) atoms. The third kappa shape index (κ3) is 3.29. The molecular weight excluding hydrogens is 444 g/mol. The van der Waals surface area contributed by atoms with Gasteiger partial charge in [0.05, 0.1) is 11.1 Å². The Balaban J connectivity index is 2.00. The number of ketones is 3. The number of phenols is 1. The maximum absolute atomic E-state index is 14.1. The Bertz CT molecular complexity index is 1230. The van der Waals surface area contributed by atoms with Crippen LogP contribution in [0.1, 0.15) is 89.5 Å². The summed E-state index contributed by atoms with van der Waals surface area (Å²) in [6.45, 7) is 10.6. The molecule has 0 saturated heterocycles. The van der Waals surface area contributed by atoms with Gasteiger partial charge >= 0.3 is 0 Å². The van der Waals surface area contributed by atoms with E-state index in [2.05, 4.69) is 6.92 Å². The molecule has 0 bridgehead atoms. The van der Waals surface area contributed by atoms with Gasteiger partial charge in [0.1, 0.15) is 11.5 Å². The molecule has 0 spiro atoms. The number of aliphatic hydroxyl groups excluding tert-OH is 1. The van der Waals surface area contributed by atoms with Gasteiger partial charge in [-0.25, -0.2) is 0 Å². The Kier molecular flexibility index (Phi) is 5.91. The zero-order valence-corrected chi connectivity index (χ0v) is 21.6. The van der Waals surface area contributed by atoms with Gasteiger partial charge in [-0.1, -0.05) is 45.8 Å². The van der Waals surface area contributed by atoms with E-state index in [9.17, 15) is 29.7 Å². The molecule has 0 heterocycles. The van der Waals surface area contributed by atoms with Gasteiger partial charge in [-0.3, -0.25) is 14.4 Å². The first-order valence-electron chi connectivity index (χ1n) is 12.6. The number of aromatic hydroxyl groups is 1. The predicted octanol–water partition coefficient (Wildman–Crippen LogP) is 4.72. The van der Waals surface area contributed by atoms with Crippen molar-refractivity contribution in [1.82, 2.24) is 0 Å². The molecule has 6 nitrogen and oxygen atoms in total. The van der Waals surface area contributed by atoms with Gasteiger partial charge in [0.25, 0.3) is 0 Å². The van der Waals surface area contributed by atoms with Crippen LogP contribution in [-0.4, -0.2) is 38.3 Å². The quantitative estimate of drug-likeness (QED) is 0.415. The van der Waals surface area contributed by atoms with Crippen LogP contribution in [-0.2, 0) is 33.6 Å². The highest BCUT2D eigenvalue weighted by Gasteiger charge is 2.69. The third-order valence-electron chi connectivity index (χ3n) is 8.60. The molecule has 0 unspecified atom stereocenters. The van der Waals surface area contributed by atoms with Crippen LogP contribution in [0.15, 0.2) is 22.8 Å². The second-order valence-electron chi connectivity index (χ2n) is 11.3. The fourth-order valence-corrected chi connectivity index (χ4v) is 7.09. The van der Waals surface area contributed by atoms with Crippen molar-refractivity contribution in [2.75, 3.05) is 0 Å². The van der Waals surface area contributed by atoms with E-state index in [-0.39, 0.29) is 41.1 Å². The molecular formula is C29H36O6. The largest absolute Gasteiger partial charge is 0.507 e. The summed E-state index contributed by atoms with van der Waals surface area (Å²) >= 11 is 0. The van der Waals surface area contributed by atoms with Gasteiger partial charge in [-0.05, 0) is 69.1 Å². The molecule has 0 amide bonds. The Hall–Kier alpha value is -2.73. The van der Waals surface area contributed by atoms with Crippen molar-refractivity contribution < 1.29 is 29.7 Å². The Morgan fingerprint density at radius 3 is 2.29 bits per heavy atom. The van der Waals surface area contributed by atoms with Gasteiger partial charge < -0.3 is 15.3 Å². The molecule has 3 N–H and O–H groups in total. The van der Waals surface area contributed by atoms with Gasteiger partial charge in [-0.2, -0.15) is 0 Å². The van der Waals surface area contributed by atoms with Crippen molar-refractivity contribution in [3.8, 4) is 5.75 Å². The minimum absolute atomic E-state index is 0.0224. The number of rotatable bonds is 5. The van der Waals surface area contributed by atoms with E-state index in [4.69, 9.17) is 0 Å². The number of Topliss-reactive ketones (excluding diaryl/α,β-unsaturated/α-hetero) is 3. The normalized spacial score (nSPS) is 30.3. The van der Waals surface area contributed by atoms with E-state index in [1.54, 1.807) is 13.8 Å². The fourth-order valence-electron chi connectivity index (χ4n) is 7.09. The van der Waals surface area contributed by atoms with Crippen LogP contribution >= 0.6 is 0 Å². The Morgan fingerprint density at radius 1 is 1.06 bits per heavy atom. The average Bonchev–Trinajstić information content (AvgIpc) is 2.75. The highest BCUT2D eigenvalue weighted by molar-refractivity contribution is 6.33. The minimum atomic E-state index is -2.45. The summed E-state index contributed by atoms with van der Waals surface area (Å²) in [6, 6.07) is 2.00. The number of fused-ring (bicyclic) bond motifs is 3. The third-order valence-corrected chi connectivity index (χ3v) is 8.60. The molecule has 6 heteroatoms. The SMILES string of the molecule is CCCCc1cc(CC)c(O)c2c1C[C@]1(C)C[C@]3(C)CC(C)=C(C(C)=O)C(=O)[C@]3(O)C(=O)C1=C2O. The lowest BCUT2D eigenvalue weighted by molar-refractivity contribution is -0.171. The molecule has 1 saturated carbocycles. The predicted molar refractivity (Wildman–Crippen MR) is 133 cm³/mol. The summed E-state index contributed by atoms with van der Waals surface area (Å²) in [5.74, 6) is -2.64. The Morgan fingerprint density at radius 2 is 1.71 bits per heavy atom. The van der Waals surface area contributed by atoms with Crippen LogP contribution in [0, 0.1) is 10.8 Å². The molecule has 0 radical (unpaired) electrons. The van der Waals surface area contributed by atoms with Crippen molar-refractivity contribution in [2.24, 2.45) is 10.8 Å². The molecule has 188 valence electrons. The number of aliphatic hydroxyl groups is 2. The number of carbonyl (C=O) groups excluding carboxylic acids is 3. The maximum atomic E-state index is 14.1. The summed E-state index contributed by atoms with van der Waals surface area (Å²) in [6.07, 6.45) is 4.22. The van der Waals surface area contributed by atoms with Crippen LogP contribution < -0.4 is 0 Å². The number of phenolic OH excluding ortho intramolecular Hbond substituents is 1. The zero-order valence-electron chi connectivity index (χ0n) is 21.6. The van der Waals surface area contributed by atoms with Crippen LogP contribution in [0.25, 0.3) is 5.76 Å². The number of hydrogen-bond donors (Lipinski definition) is 3. The molecule has 3 aliphatic carbocycles. The lowest BCUT2D eigenvalue weighted by Crippen LogP contribution is -2.67. The highest BCUT2D eigenvalue weighted by Crippen LogP contribution is 2.62. The molecule has 0 aromatic heterocycles. The van der Waals surface area contributed by atoms with E-state index >= 15 is 0 Å². The van der Waals surface area contributed by atoms with Crippen molar-refractivity contribution in [3.63, 3.8) is 0 Å². The van der Waals surface area contributed by atoms with Crippen molar-refractivity contribution in [1.29, 1.82) is 0 Å². The second-order valence-corrected chi connectivity index (χ2v) is 11.3. The number of hydrogen-bond acceptors (Lipinski definition) is 6. The molecule has 1 fully saturated rings. The highest BCUT2D eigenvalue weighted by atomic mass is 16.3. The van der Waals surface area contributed by atoms with E-state index in [0.29, 0.717) is 24.0 Å². The van der Waals surface area contributed by atoms with Crippen LogP contribution in [0.2, 0.25) is 0 Å². The van der Waals surface area contributed by atoms with E-state index in [1.807, 2.05) is 19.9 Å². The summed E-state index contributed by atoms with van der Waals surface area (Å²) < 4.78 is 0. The summed E-state index contributed by atoms with van der Waals surface area (Å²) in [5, 5.41) is 34.4. The maximum Gasteiger partial charge on any atom is 0.206 e. The van der Waals surface area contributed by atoms with E-state index < -0.39 is 33.8 Å². The lowest BCUT2D eigenvalue weighted by atomic mass is 9.46. The molecule has 3 aliphatic rings. The Labute approximate surface area is 206 Å². The molecule has 0 aliphatic heterocycles. The average molecular weight is 481 g/mol. The van der Waals surface area contributed by atoms with Crippen molar-refractivity contribution in [2.45, 2.75) is 92.1 Å². The first kappa shape index (κ1) is 25.4. The van der Waals surface area contributed by atoms with Crippen molar-refractivity contribution >= 4 is 23.1 Å². The number of benzene rings is 1. The molecule has 3 atom stereocenters. The molecule has 1 aromatic carbocycles. The first-order chi connectivity index (χ1) is 16.3. The number of carbonyl (C=O) groups is 3. The second kappa shape index (κ2) is 8.16. The van der Waals surface area contributed by atoms with Crippen LogP contribution in [0.3, 0.4) is 0 Å². The standard InChI is InChI=1S/C29H36O6/c1-7-9-10-18-11-17(8-2)23(31)21-19(18)13-27(5)14-28(6)12-15(3)20(16(4)30)25(33)29(28,35)26(34)22(27)24(21)32/h11,31-32,35H,7-10,12-14H2,1-6H3/t27-,28+,29+/m1/s1. The summed E-state index contributed by atoms with van der Waals surface area (Å²) in [7, 11) is 0. The molecule has 4 rings (SSSR count). The fraction of sp³-hybridized carbons (Fsp3) is 0.552. The van der Waals surface area contributed by atoms with Gasteiger partial charge in [0.15, 0.2) is 11.4 Å². The van der Waals surface area contributed by atoms with E-state index in [0.717, 1.165) is 30.4 Å². The van der Waals surface area contributed by atoms with Crippen LogP contribution in [0.4, 0.5) is 0 Å². The van der Waals surface area contributed by atoms with Gasteiger partial charge in [-0.15, -0.1) is 0 Å². The smallest absolute Gasteiger partial charge is 0.206 e. The summed E-state index contributed by atoms with van der Waals surface area (Å²) in [4.78, 5) is 39.8. The van der Waals surface area contributed by atoms with Gasteiger partial charge in [0.2, 0.25) is 11.6 Å². The first-order valence-corrected chi connectivity index (χ1v) is 12.6. The monoisotopic (exact) mass is 480 g/mol. The van der Waals surface area contributed by atoms with Crippen molar-refractivity contribution in [3.05, 3.63) is 45.0 Å².